The van der Waals surface area contributed by atoms with Crippen LogP contribution in [0, 0.1) is 12.8 Å². The summed E-state index contributed by atoms with van der Waals surface area (Å²) in [6.45, 7) is 4.43. The third-order valence-electron chi connectivity index (χ3n) is 5.85. The Hall–Kier alpha value is -3.52. The lowest BCUT2D eigenvalue weighted by Crippen LogP contribution is -2.29. The summed E-state index contributed by atoms with van der Waals surface area (Å²) < 4.78 is 1.74. The Labute approximate surface area is 189 Å². The zero-order chi connectivity index (χ0) is 22.2. The van der Waals surface area contributed by atoms with Gasteiger partial charge in [-0.1, -0.05) is 55.5 Å². The topological polar surface area (TPSA) is 79.6 Å². The molecule has 1 aliphatic heterocycles. The van der Waals surface area contributed by atoms with Crippen LogP contribution in [0.25, 0.3) is 16.2 Å². The minimum Gasteiger partial charge on any atom is -0.311 e. The van der Waals surface area contributed by atoms with Gasteiger partial charge in [-0.25, -0.2) is 4.52 Å². The molecule has 0 bridgehead atoms. The van der Waals surface area contributed by atoms with Crippen molar-refractivity contribution in [2.75, 3.05) is 16.8 Å². The molecule has 1 unspecified atom stereocenters. The summed E-state index contributed by atoms with van der Waals surface area (Å²) in [6, 6.07) is 16.0. The Morgan fingerprint density at radius 1 is 1.19 bits per heavy atom. The Kier molecular flexibility index (Phi) is 5.22. The predicted octanol–water partition coefficient (Wildman–Crippen LogP) is 4.32. The molecule has 0 radical (unpaired) electrons. The molecule has 2 aromatic carbocycles. The van der Waals surface area contributed by atoms with Gasteiger partial charge < -0.3 is 4.90 Å². The standard InChI is InChI=1S/C24H23N5O2S/c1-3-16-11-7-8-15(2)21(16)28-13-18(12-20(28)30)22(31)25-23-26-24-29(27-23)19(14-32-24)17-9-5-4-6-10-17/h4-11,14,18H,3,12-13H2,1-2H3,(H,25,27,31). The minimum absolute atomic E-state index is 0.0284. The van der Waals surface area contributed by atoms with Gasteiger partial charge in [-0.15, -0.1) is 16.4 Å². The molecule has 0 spiro atoms. The van der Waals surface area contributed by atoms with Gasteiger partial charge >= 0.3 is 0 Å². The predicted molar refractivity (Wildman–Crippen MR) is 126 cm³/mol. The Balaban J connectivity index is 1.35. The second-order valence-corrected chi connectivity index (χ2v) is 8.78. The minimum atomic E-state index is -0.443. The number of amides is 2. The summed E-state index contributed by atoms with van der Waals surface area (Å²) in [5.41, 5.74) is 5.05. The van der Waals surface area contributed by atoms with Gasteiger partial charge in [-0.3, -0.25) is 14.9 Å². The van der Waals surface area contributed by atoms with Crippen molar-refractivity contribution in [3.63, 3.8) is 0 Å². The molecule has 162 valence electrons. The van der Waals surface area contributed by atoms with E-state index in [0.717, 1.165) is 34.5 Å². The maximum atomic E-state index is 13.0. The van der Waals surface area contributed by atoms with Crippen LogP contribution < -0.4 is 10.2 Å². The molecule has 1 fully saturated rings. The molecule has 1 N–H and O–H groups in total. The number of carbonyl (C=O) groups is 2. The van der Waals surface area contributed by atoms with Crippen molar-refractivity contribution in [1.29, 1.82) is 0 Å². The highest BCUT2D eigenvalue weighted by atomic mass is 32.1. The summed E-state index contributed by atoms with van der Waals surface area (Å²) in [6.07, 6.45) is 1.01. The largest absolute Gasteiger partial charge is 0.311 e. The molecule has 0 saturated carbocycles. The number of aryl methyl sites for hydroxylation is 2. The maximum absolute atomic E-state index is 13.0. The van der Waals surface area contributed by atoms with Crippen LogP contribution in [0.5, 0.6) is 0 Å². The molecular weight excluding hydrogens is 422 g/mol. The van der Waals surface area contributed by atoms with E-state index in [1.54, 1.807) is 9.42 Å². The lowest BCUT2D eigenvalue weighted by Gasteiger charge is -2.22. The SMILES string of the molecule is CCc1cccc(C)c1N1CC(C(=O)Nc2nc3scc(-c4ccccc4)n3n2)CC1=O. The van der Waals surface area contributed by atoms with Crippen molar-refractivity contribution < 1.29 is 9.59 Å². The van der Waals surface area contributed by atoms with Crippen molar-refractivity contribution in [2.45, 2.75) is 26.7 Å². The number of carbonyl (C=O) groups excluding carboxylic acids is 2. The number of rotatable bonds is 5. The zero-order valence-electron chi connectivity index (χ0n) is 17.9. The zero-order valence-corrected chi connectivity index (χ0v) is 18.7. The van der Waals surface area contributed by atoms with Gasteiger partial charge in [0.1, 0.15) is 0 Å². The molecule has 0 aliphatic carbocycles. The highest BCUT2D eigenvalue weighted by Crippen LogP contribution is 2.32. The number of hydrogen-bond donors (Lipinski definition) is 1. The van der Waals surface area contributed by atoms with Crippen molar-refractivity contribution in [1.82, 2.24) is 14.6 Å². The first kappa shape index (κ1) is 20.4. The van der Waals surface area contributed by atoms with Crippen molar-refractivity contribution >= 4 is 39.7 Å². The first-order valence-corrected chi connectivity index (χ1v) is 11.5. The first-order chi connectivity index (χ1) is 15.5. The number of benzene rings is 2. The van der Waals surface area contributed by atoms with Crippen molar-refractivity contribution in [3.8, 4) is 11.3 Å². The molecule has 1 aliphatic rings. The molecule has 5 rings (SSSR count). The van der Waals surface area contributed by atoms with Crippen LogP contribution in [0.4, 0.5) is 11.6 Å². The molecule has 3 heterocycles. The molecular formula is C24H23N5O2S. The fourth-order valence-electron chi connectivity index (χ4n) is 4.24. The van der Waals surface area contributed by atoms with E-state index in [2.05, 4.69) is 22.3 Å². The lowest BCUT2D eigenvalue weighted by molar-refractivity contribution is -0.122. The van der Waals surface area contributed by atoms with E-state index >= 15 is 0 Å². The molecule has 32 heavy (non-hydrogen) atoms. The summed E-state index contributed by atoms with van der Waals surface area (Å²) in [5.74, 6) is -0.441. The van der Waals surface area contributed by atoms with Crippen LogP contribution in [-0.4, -0.2) is 33.0 Å². The number of hydrogen-bond acceptors (Lipinski definition) is 5. The van der Waals surface area contributed by atoms with Crippen LogP contribution in [0.2, 0.25) is 0 Å². The summed E-state index contributed by atoms with van der Waals surface area (Å²) in [5, 5.41) is 9.30. The molecule has 4 aromatic rings. The molecule has 2 aromatic heterocycles. The summed E-state index contributed by atoms with van der Waals surface area (Å²) in [4.78, 5) is 32.6. The van der Waals surface area contributed by atoms with E-state index in [4.69, 9.17) is 0 Å². The fraction of sp³-hybridized carbons (Fsp3) is 0.250. The van der Waals surface area contributed by atoms with Gasteiger partial charge in [0.25, 0.3) is 0 Å². The van der Waals surface area contributed by atoms with Crippen LogP contribution in [-0.2, 0) is 16.0 Å². The number of thiazole rings is 1. The van der Waals surface area contributed by atoms with Gasteiger partial charge in [0.15, 0.2) is 0 Å². The molecule has 8 heteroatoms. The quantitative estimate of drug-likeness (QED) is 0.496. The number of fused-ring (bicyclic) bond motifs is 1. The van der Waals surface area contributed by atoms with Crippen molar-refractivity contribution in [2.24, 2.45) is 5.92 Å². The fourth-order valence-corrected chi connectivity index (χ4v) is 5.08. The smallest absolute Gasteiger partial charge is 0.250 e. The van der Waals surface area contributed by atoms with E-state index in [9.17, 15) is 9.59 Å². The van der Waals surface area contributed by atoms with Gasteiger partial charge in [0.2, 0.25) is 22.7 Å². The van der Waals surface area contributed by atoms with E-state index < -0.39 is 5.92 Å². The normalized spacial score (nSPS) is 16.1. The van der Waals surface area contributed by atoms with Crippen LogP contribution >= 0.6 is 11.3 Å². The average molecular weight is 446 g/mol. The molecule has 7 nitrogen and oxygen atoms in total. The summed E-state index contributed by atoms with van der Waals surface area (Å²) in [7, 11) is 0. The van der Waals surface area contributed by atoms with E-state index in [-0.39, 0.29) is 24.2 Å². The Morgan fingerprint density at radius 2 is 2.00 bits per heavy atom. The second-order valence-electron chi connectivity index (χ2n) is 7.95. The monoisotopic (exact) mass is 445 g/mol. The number of nitrogens with one attached hydrogen (secondary N) is 1. The average Bonchev–Trinajstić information content (AvgIpc) is 3.48. The molecule has 1 atom stereocenters. The second kappa shape index (κ2) is 8.20. The van der Waals surface area contributed by atoms with Gasteiger partial charge in [0.05, 0.1) is 11.6 Å². The van der Waals surface area contributed by atoms with Crippen LogP contribution in [0.15, 0.2) is 53.9 Å². The third kappa shape index (κ3) is 3.56. The Bertz CT molecular complexity index is 1310. The Morgan fingerprint density at radius 3 is 2.78 bits per heavy atom. The molecule has 2 amide bonds. The van der Waals surface area contributed by atoms with Gasteiger partial charge in [-0.05, 0) is 24.5 Å². The highest BCUT2D eigenvalue weighted by Gasteiger charge is 2.36. The maximum Gasteiger partial charge on any atom is 0.250 e. The van der Waals surface area contributed by atoms with Crippen LogP contribution in [0.3, 0.4) is 0 Å². The lowest BCUT2D eigenvalue weighted by atomic mass is 10.0. The number of anilines is 2. The van der Waals surface area contributed by atoms with E-state index in [1.165, 1.54) is 11.3 Å². The van der Waals surface area contributed by atoms with E-state index in [0.29, 0.717) is 11.5 Å². The number of para-hydroxylation sites is 1. The van der Waals surface area contributed by atoms with Gasteiger partial charge in [-0.2, -0.15) is 4.98 Å². The number of aromatic nitrogens is 3. The van der Waals surface area contributed by atoms with Gasteiger partial charge in [0, 0.05) is 29.6 Å². The first-order valence-electron chi connectivity index (χ1n) is 10.6. The van der Waals surface area contributed by atoms with Crippen molar-refractivity contribution in [3.05, 3.63) is 65.0 Å². The highest BCUT2D eigenvalue weighted by molar-refractivity contribution is 7.15. The number of nitrogens with zero attached hydrogens (tertiary/aromatic N) is 4. The van der Waals surface area contributed by atoms with E-state index in [1.807, 2.05) is 60.8 Å². The summed E-state index contributed by atoms with van der Waals surface area (Å²) >= 11 is 1.47. The third-order valence-corrected chi connectivity index (χ3v) is 6.67. The van der Waals surface area contributed by atoms with Crippen LogP contribution in [0.1, 0.15) is 24.5 Å². The molecule has 1 saturated heterocycles.